The topological polar surface area (TPSA) is 84.4 Å². The Balaban J connectivity index is 2.49. The highest BCUT2D eigenvalue weighted by Gasteiger charge is 2.17. The number of benzene rings is 1. The fourth-order valence-corrected chi connectivity index (χ4v) is 2.62. The van der Waals surface area contributed by atoms with Gasteiger partial charge in [-0.2, -0.15) is 5.10 Å². The Hall–Kier alpha value is -2.22. The highest BCUT2D eigenvalue weighted by Crippen LogP contribution is 2.31. The molecule has 0 aliphatic heterocycles. The summed E-state index contributed by atoms with van der Waals surface area (Å²) in [4.78, 5) is 0.429. The summed E-state index contributed by atoms with van der Waals surface area (Å²) in [6.07, 6.45) is 0. The molecule has 0 aliphatic rings. The molecule has 1 heterocycles. The molecule has 21 heavy (non-hydrogen) atoms. The second kappa shape index (κ2) is 6.04. The molecule has 0 aliphatic carbocycles. The fraction of sp³-hybridized carbons (Fsp3) is 0.154. The van der Waals surface area contributed by atoms with Crippen LogP contribution in [0.4, 0.5) is 8.78 Å². The van der Waals surface area contributed by atoms with Crippen LogP contribution >= 0.6 is 11.8 Å². The average molecular weight is 310 g/mol. The summed E-state index contributed by atoms with van der Waals surface area (Å²) in [5.74, 6) is -2.00. The van der Waals surface area contributed by atoms with E-state index in [1.54, 1.807) is 13.8 Å². The van der Waals surface area contributed by atoms with E-state index in [1.165, 1.54) is 6.07 Å². The quantitative estimate of drug-likeness (QED) is 0.394. The monoisotopic (exact) mass is 310 g/mol. The second-order valence-corrected chi connectivity index (χ2v) is 5.32. The van der Waals surface area contributed by atoms with Crippen LogP contribution in [0.5, 0.6) is 0 Å². The predicted octanol–water partition coefficient (Wildman–Crippen LogP) is 2.62. The Morgan fingerprint density at radius 1 is 1.24 bits per heavy atom. The van der Waals surface area contributed by atoms with E-state index in [-0.39, 0.29) is 5.84 Å². The number of aryl methyl sites for hydroxylation is 1. The van der Waals surface area contributed by atoms with E-state index in [1.807, 2.05) is 0 Å². The third-order valence-corrected chi connectivity index (χ3v) is 3.86. The van der Waals surface area contributed by atoms with Crippen molar-refractivity contribution in [3.05, 3.63) is 46.7 Å². The normalized spacial score (nSPS) is 11.7. The molecule has 0 bridgehead atoms. The van der Waals surface area contributed by atoms with E-state index < -0.39 is 11.6 Å². The fourth-order valence-electron chi connectivity index (χ4n) is 1.66. The van der Waals surface area contributed by atoms with Gasteiger partial charge in [0.2, 0.25) is 0 Å². The van der Waals surface area contributed by atoms with Gasteiger partial charge in [-0.3, -0.25) is 0 Å². The zero-order chi connectivity index (χ0) is 15.6. The van der Waals surface area contributed by atoms with Crippen LogP contribution in [0.25, 0.3) is 0 Å². The van der Waals surface area contributed by atoms with Crippen molar-refractivity contribution in [3.8, 4) is 0 Å². The van der Waals surface area contributed by atoms with Crippen LogP contribution in [0.2, 0.25) is 0 Å². The van der Waals surface area contributed by atoms with Gasteiger partial charge >= 0.3 is 0 Å². The molecule has 2 aromatic rings. The van der Waals surface area contributed by atoms with Crippen molar-refractivity contribution >= 4 is 17.6 Å². The molecule has 0 spiro atoms. The van der Waals surface area contributed by atoms with Gasteiger partial charge in [0.05, 0.1) is 11.3 Å². The molecule has 0 amide bonds. The Bertz CT molecular complexity index is 722. The molecule has 1 aromatic heterocycles. The van der Waals surface area contributed by atoms with Crippen molar-refractivity contribution in [2.45, 2.75) is 23.8 Å². The highest BCUT2D eigenvalue weighted by molar-refractivity contribution is 7.99. The lowest BCUT2D eigenvalue weighted by Crippen LogP contribution is -2.18. The minimum Gasteiger partial charge on any atom is -0.409 e. The molecule has 0 atom stereocenters. The minimum absolute atomic E-state index is 0.115. The van der Waals surface area contributed by atoms with Crippen LogP contribution < -0.4 is 5.73 Å². The van der Waals surface area contributed by atoms with Crippen molar-refractivity contribution < 1.29 is 14.0 Å². The van der Waals surface area contributed by atoms with Gasteiger partial charge in [-0.1, -0.05) is 16.9 Å². The number of aromatic nitrogens is 2. The van der Waals surface area contributed by atoms with Crippen molar-refractivity contribution in [2.75, 3.05) is 0 Å². The maximum atomic E-state index is 13.2. The maximum absolute atomic E-state index is 13.2. The first-order chi connectivity index (χ1) is 9.93. The number of hydrogen-bond donors (Lipinski definition) is 2. The van der Waals surface area contributed by atoms with Crippen LogP contribution in [0.15, 0.2) is 33.3 Å². The summed E-state index contributed by atoms with van der Waals surface area (Å²) in [5.41, 5.74) is 7.40. The average Bonchev–Trinajstić information content (AvgIpc) is 2.46. The van der Waals surface area contributed by atoms with Gasteiger partial charge in [0.1, 0.15) is 5.03 Å². The zero-order valence-electron chi connectivity index (χ0n) is 11.3. The third kappa shape index (κ3) is 3.10. The van der Waals surface area contributed by atoms with E-state index in [0.717, 1.165) is 23.9 Å². The number of oxime groups is 1. The van der Waals surface area contributed by atoms with Gasteiger partial charge < -0.3 is 10.9 Å². The molecular weight excluding hydrogens is 298 g/mol. The molecule has 0 saturated carbocycles. The number of halogens is 2. The first-order valence-corrected chi connectivity index (χ1v) is 6.70. The van der Waals surface area contributed by atoms with Crippen LogP contribution in [-0.2, 0) is 0 Å². The van der Waals surface area contributed by atoms with E-state index in [2.05, 4.69) is 15.4 Å². The third-order valence-electron chi connectivity index (χ3n) is 2.89. The number of nitrogens with two attached hydrogens (primary N) is 1. The Morgan fingerprint density at radius 2 is 1.95 bits per heavy atom. The molecule has 3 N–H and O–H groups in total. The Kier molecular flexibility index (Phi) is 4.37. The highest BCUT2D eigenvalue weighted by atomic mass is 32.2. The number of rotatable bonds is 3. The van der Waals surface area contributed by atoms with Gasteiger partial charge in [0, 0.05) is 4.90 Å². The zero-order valence-corrected chi connectivity index (χ0v) is 12.1. The van der Waals surface area contributed by atoms with Crippen LogP contribution in [0.3, 0.4) is 0 Å². The molecule has 0 fully saturated rings. The minimum atomic E-state index is -0.956. The first kappa shape index (κ1) is 15.2. The lowest BCUT2D eigenvalue weighted by atomic mass is 10.1. The van der Waals surface area contributed by atoms with Gasteiger partial charge in [0.25, 0.3) is 0 Å². The van der Waals surface area contributed by atoms with E-state index in [9.17, 15) is 8.78 Å². The molecule has 5 nitrogen and oxygen atoms in total. The van der Waals surface area contributed by atoms with Crippen molar-refractivity contribution in [3.63, 3.8) is 0 Å². The number of hydrogen-bond acceptors (Lipinski definition) is 5. The van der Waals surface area contributed by atoms with Crippen LogP contribution in [-0.4, -0.2) is 21.2 Å². The van der Waals surface area contributed by atoms with E-state index >= 15 is 0 Å². The summed E-state index contributed by atoms with van der Waals surface area (Å²) in [6.45, 7) is 3.50. The van der Waals surface area contributed by atoms with E-state index in [4.69, 9.17) is 10.9 Å². The molecule has 8 heteroatoms. The lowest BCUT2D eigenvalue weighted by molar-refractivity contribution is 0.318. The Labute approximate surface area is 123 Å². The van der Waals surface area contributed by atoms with Crippen LogP contribution in [0.1, 0.15) is 16.8 Å². The van der Waals surface area contributed by atoms with Gasteiger partial charge in [-0.05, 0) is 37.6 Å². The predicted molar refractivity (Wildman–Crippen MR) is 74.5 cm³/mol. The number of amidine groups is 1. The van der Waals surface area contributed by atoms with Crippen molar-refractivity contribution in [2.24, 2.45) is 10.9 Å². The van der Waals surface area contributed by atoms with Crippen LogP contribution in [0, 0.1) is 25.5 Å². The summed E-state index contributed by atoms with van der Waals surface area (Å²) in [5, 5.41) is 20.1. The van der Waals surface area contributed by atoms with Gasteiger partial charge in [0.15, 0.2) is 17.5 Å². The SMILES string of the molecule is Cc1nnc(Sc2ccc(F)c(F)c2)c(/C(N)=N/O)c1C. The molecule has 0 unspecified atom stereocenters. The summed E-state index contributed by atoms with van der Waals surface area (Å²) < 4.78 is 26.2. The molecule has 1 aromatic carbocycles. The first-order valence-electron chi connectivity index (χ1n) is 5.88. The molecule has 0 saturated heterocycles. The number of nitrogens with zero attached hydrogens (tertiary/aromatic N) is 3. The van der Waals surface area contributed by atoms with Gasteiger partial charge in [-0.25, -0.2) is 8.78 Å². The summed E-state index contributed by atoms with van der Waals surface area (Å²) in [7, 11) is 0. The second-order valence-electron chi connectivity index (χ2n) is 4.25. The van der Waals surface area contributed by atoms with E-state index in [0.29, 0.717) is 26.7 Å². The Morgan fingerprint density at radius 3 is 2.57 bits per heavy atom. The molecular formula is C13H12F2N4OS. The molecule has 110 valence electrons. The van der Waals surface area contributed by atoms with Gasteiger partial charge in [-0.15, -0.1) is 5.10 Å². The molecule has 2 rings (SSSR count). The van der Waals surface area contributed by atoms with Crippen molar-refractivity contribution in [1.29, 1.82) is 0 Å². The summed E-state index contributed by atoms with van der Waals surface area (Å²) in [6, 6.07) is 3.48. The largest absolute Gasteiger partial charge is 0.409 e. The lowest BCUT2D eigenvalue weighted by Gasteiger charge is -2.11. The maximum Gasteiger partial charge on any atom is 0.173 e. The van der Waals surface area contributed by atoms with Crippen molar-refractivity contribution in [1.82, 2.24) is 10.2 Å². The summed E-state index contributed by atoms with van der Waals surface area (Å²) >= 11 is 1.05. The molecule has 0 radical (unpaired) electrons. The standard InChI is InChI=1S/C13H12F2N4OS/c1-6-7(2)17-18-13(11(6)12(16)19-20)21-8-3-4-9(14)10(15)5-8/h3-5,20H,1-2H3,(H2,16,19). The smallest absolute Gasteiger partial charge is 0.173 e.